The topological polar surface area (TPSA) is 116 Å². The Labute approximate surface area is 245 Å². The van der Waals surface area contributed by atoms with Crippen LogP contribution >= 0.6 is 0 Å². The molecular formula is C32H37N7O3. The van der Waals surface area contributed by atoms with Crippen LogP contribution in [0.1, 0.15) is 33.5 Å². The van der Waals surface area contributed by atoms with E-state index in [9.17, 15) is 9.59 Å². The van der Waals surface area contributed by atoms with Crippen molar-refractivity contribution in [2.24, 2.45) is 0 Å². The van der Waals surface area contributed by atoms with Crippen LogP contribution in [-0.2, 0) is 19.3 Å². The molecule has 10 heteroatoms. The van der Waals surface area contributed by atoms with E-state index in [0.717, 1.165) is 69.8 Å². The second-order valence-corrected chi connectivity index (χ2v) is 11.2. The maximum atomic E-state index is 13.4. The average Bonchev–Trinajstić information content (AvgIpc) is 3.49. The van der Waals surface area contributed by atoms with Gasteiger partial charge in [-0.3, -0.25) is 9.59 Å². The maximum absolute atomic E-state index is 13.4. The van der Waals surface area contributed by atoms with E-state index in [0.29, 0.717) is 11.6 Å². The summed E-state index contributed by atoms with van der Waals surface area (Å²) in [5.41, 5.74) is 5.49. The molecule has 218 valence electrons. The van der Waals surface area contributed by atoms with Crippen LogP contribution in [0.25, 0.3) is 16.7 Å². The molecule has 10 nitrogen and oxygen atoms in total. The molecule has 1 fully saturated rings. The lowest BCUT2D eigenvalue weighted by Crippen LogP contribution is -2.45. The van der Waals surface area contributed by atoms with E-state index >= 15 is 0 Å². The highest BCUT2D eigenvalue weighted by molar-refractivity contribution is 5.97. The molecule has 0 unspecified atom stereocenters. The first-order valence-corrected chi connectivity index (χ1v) is 14.7. The van der Waals surface area contributed by atoms with Gasteiger partial charge in [0.1, 0.15) is 5.56 Å². The third-order valence-electron chi connectivity index (χ3n) is 8.27. The molecule has 1 aliphatic heterocycles. The molecule has 42 heavy (non-hydrogen) atoms. The van der Waals surface area contributed by atoms with E-state index in [1.54, 1.807) is 10.8 Å². The number of piperazine rings is 1. The molecule has 0 atom stereocenters. The Hall–Kier alpha value is -4.12. The quantitative estimate of drug-likeness (QED) is 0.283. The van der Waals surface area contributed by atoms with Crippen LogP contribution in [-0.4, -0.2) is 88.3 Å². The number of benzene rings is 2. The fourth-order valence-corrected chi connectivity index (χ4v) is 5.74. The number of anilines is 2. The number of pyridine rings is 1. The molecule has 2 aliphatic rings. The van der Waals surface area contributed by atoms with Gasteiger partial charge in [-0.25, -0.2) is 4.98 Å². The first-order chi connectivity index (χ1) is 20.5. The molecule has 2 aromatic carbocycles. The van der Waals surface area contributed by atoms with Crippen LogP contribution in [0.4, 0.5) is 11.6 Å². The van der Waals surface area contributed by atoms with Gasteiger partial charge in [0.2, 0.25) is 11.4 Å². The number of fused-ring (bicyclic) bond motifs is 2. The summed E-state index contributed by atoms with van der Waals surface area (Å²) in [4.78, 5) is 40.2. The van der Waals surface area contributed by atoms with Gasteiger partial charge in [-0.1, -0.05) is 18.2 Å². The Morgan fingerprint density at radius 1 is 1.02 bits per heavy atom. The van der Waals surface area contributed by atoms with Crippen molar-refractivity contribution >= 4 is 28.6 Å². The van der Waals surface area contributed by atoms with Gasteiger partial charge < -0.3 is 30.1 Å². The first kappa shape index (κ1) is 28.0. The Morgan fingerprint density at radius 3 is 2.60 bits per heavy atom. The highest BCUT2D eigenvalue weighted by Crippen LogP contribution is 2.26. The summed E-state index contributed by atoms with van der Waals surface area (Å²) in [5.74, 6) is -0.180. The second kappa shape index (κ2) is 12.4. The molecule has 3 N–H and O–H groups in total. The monoisotopic (exact) mass is 567 g/mol. The van der Waals surface area contributed by atoms with Crippen molar-refractivity contribution in [3.8, 4) is 5.69 Å². The highest BCUT2D eigenvalue weighted by atomic mass is 16.3. The van der Waals surface area contributed by atoms with Gasteiger partial charge in [0.15, 0.2) is 5.65 Å². The molecule has 1 saturated heterocycles. The molecule has 4 aromatic rings. The fourth-order valence-electron chi connectivity index (χ4n) is 5.74. The summed E-state index contributed by atoms with van der Waals surface area (Å²) in [6, 6.07) is 14.5. The molecule has 6 rings (SSSR count). The molecule has 1 amide bonds. The van der Waals surface area contributed by atoms with Crippen molar-refractivity contribution in [3.63, 3.8) is 0 Å². The Morgan fingerprint density at radius 2 is 1.81 bits per heavy atom. The lowest BCUT2D eigenvalue weighted by atomic mass is 10.1. The minimum absolute atomic E-state index is 0.0204. The maximum Gasteiger partial charge on any atom is 0.256 e. The molecule has 0 radical (unpaired) electrons. The number of nitrogens with zero attached hydrogens (tertiary/aromatic N) is 5. The standard InChI is InChI=1S/C32H37N7O3/c1-37-14-16-38(17-15-37)13-11-22-5-8-25(9-6-22)35-32-34-20-27-29(41)28(31(42)33-12-18-40)21-39(30(27)36-32)26-10-7-23-3-2-4-24(23)19-26/h5-10,19-21,40H,2-4,11-18H2,1H3,(H,33,42)(H,34,35,36). The van der Waals surface area contributed by atoms with Crippen molar-refractivity contribution < 1.29 is 9.90 Å². The Kier molecular flexibility index (Phi) is 8.27. The molecule has 0 bridgehead atoms. The number of hydrogen-bond acceptors (Lipinski definition) is 8. The number of aromatic nitrogens is 3. The predicted molar refractivity (Wildman–Crippen MR) is 164 cm³/mol. The summed E-state index contributed by atoms with van der Waals surface area (Å²) in [6.07, 6.45) is 7.18. The average molecular weight is 568 g/mol. The van der Waals surface area contributed by atoms with Crippen LogP contribution in [0.3, 0.4) is 0 Å². The fraction of sp³-hybridized carbons (Fsp3) is 0.375. The third-order valence-corrected chi connectivity index (χ3v) is 8.27. The number of amides is 1. The number of aliphatic hydroxyl groups excluding tert-OH is 1. The Balaban J connectivity index is 1.27. The van der Waals surface area contributed by atoms with Crippen LogP contribution in [0.15, 0.2) is 59.7 Å². The number of nitrogens with one attached hydrogen (secondary N) is 2. The van der Waals surface area contributed by atoms with E-state index in [1.807, 2.05) is 18.2 Å². The van der Waals surface area contributed by atoms with Gasteiger partial charge in [-0.2, -0.15) is 4.98 Å². The molecule has 2 aromatic heterocycles. The molecule has 1 aliphatic carbocycles. The normalized spacial score (nSPS) is 15.6. The number of rotatable bonds is 9. The SMILES string of the molecule is CN1CCN(CCc2ccc(Nc3ncc4c(=O)c(C(=O)NCCO)cn(-c5ccc6c(c5)CCC6)c4n3)cc2)CC1. The van der Waals surface area contributed by atoms with Crippen LogP contribution < -0.4 is 16.1 Å². The van der Waals surface area contributed by atoms with Crippen molar-refractivity contribution in [2.75, 3.05) is 58.2 Å². The van der Waals surface area contributed by atoms with Crippen LogP contribution in [0.2, 0.25) is 0 Å². The van der Waals surface area contributed by atoms with E-state index in [2.05, 4.69) is 56.7 Å². The van der Waals surface area contributed by atoms with Gasteiger partial charge in [-0.05, 0) is 73.7 Å². The molecule has 0 saturated carbocycles. The zero-order valence-electron chi connectivity index (χ0n) is 24.0. The summed E-state index contributed by atoms with van der Waals surface area (Å²) >= 11 is 0. The zero-order valence-corrected chi connectivity index (χ0v) is 24.0. The number of hydrogen-bond donors (Lipinski definition) is 3. The van der Waals surface area contributed by atoms with Gasteiger partial charge in [0, 0.05) is 63.0 Å². The van der Waals surface area contributed by atoms with E-state index in [4.69, 9.17) is 10.1 Å². The van der Waals surface area contributed by atoms with E-state index < -0.39 is 11.3 Å². The largest absolute Gasteiger partial charge is 0.395 e. The van der Waals surface area contributed by atoms with E-state index in [1.165, 1.54) is 22.9 Å². The van der Waals surface area contributed by atoms with Crippen molar-refractivity contribution in [3.05, 3.63) is 87.3 Å². The highest BCUT2D eigenvalue weighted by Gasteiger charge is 2.20. The van der Waals surface area contributed by atoms with Crippen molar-refractivity contribution in [2.45, 2.75) is 25.7 Å². The number of aliphatic hydroxyl groups is 1. The van der Waals surface area contributed by atoms with Gasteiger partial charge in [0.25, 0.3) is 5.91 Å². The van der Waals surface area contributed by atoms with Crippen LogP contribution in [0, 0.1) is 0 Å². The zero-order chi connectivity index (χ0) is 29.1. The predicted octanol–water partition coefficient (Wildman–Crippen LogP) is 2.53. The molecule has 0 spiro atoms. The van der Waals surface area contributed by atoms with E-state index in [-0.39, 0.29) is 24.1 Å². The minimum atomic E-state index is -0.541. The Bertz CT molecular complexity index is 1640. The summed E-state index contributed by atoms with van der Waals surface area (Å²) in [5, 5.41) is 15.3. The third kappa shape index (κ3) is 6.06. The molecule has 3 heterocycles. The minimum Gasteiger partial charge on any atom is -0.395 e. The number of likely N-dealkylation sites (N-methyl/N-ethyl adjacent to an activating group) is 1. The van der Waals surface area contributed by atoms with Gasteiger partial charge in [0.05, 0.1) is 12.0 Å². The number of carbonyl (C=O) groups is 1. The lowest BCUT2D eigenvalue weighted by molar-refractivity contribution is 0.0943. The first-order valence-electron chi connectivity index (χ1n) is 14.7. The van der Waals surface area contributed by atoms with Gasteiger partial charge in [-0.15, -0.1) is 0 Å². The smallest absolute Gasteiger partial charge is 0.256 e. The lowest BCUT2D eigenvalue weighted by Gasteiger charge is -2.32. The summed E-state index contributed by atoms with van der Waals surface area (Å²) in [7, 11) is 2.17. The van der Waals surface area contributed by atoms with Crippen molar-refractivity contribution in [1.82, 2.24) is 29.7 Å². The van der Waals surface area contributed by atoms with Gasteiger partial charge >= 0.3 is 0 Å². The van der Waals surface area contributed by atoms with Crippen molar-refractivity contribution in [1.29, 1.82) is 0 Å². The van der Waals surface area contributed by atoms with Crippen LogP contribution in [0.5, 0.6) is 0 Å². The second-order valence-electron chi connectivity index (χ2n) is 11.2. The summed E-state index contributed by atoms with van der Waals surface area (Å²) < 4.78 is 1.79. The molecular weight excluding hydrogens is 530 g/mol. The summed E-state index contributed by atoms with van der Waals surface area (Å²) in [6.45, 7) is 5.35. The number of carbonyl (C=O) groups excluding carboxylic acids is 1. The number of aryl methyl sites for hydroxylation is 2.